The molecule has 1 unspecified atom stereocenters. The highest BCUT2D eigenvalue weighted by molar-refractivity contribution is 5.67. The molecule has 0 spiro atoms. The van der Waals surface area contributed by atoms with Crippen LogP contribution in [0.25, 0.3) is 11.1 Å². The summed E-state index contributed by atoms with van der Waals surface area (Å²) in [7, 11) is 0. The molecule has 0 saturated carbocycles. The molecule has 0 aliphatic carbocycles. The molecule has 1 atom stereocenters. The highest BCUT2D eigenvalue weighted by Gasteiger charge is 2.15. The Hall–Kier alpha value is -1.60. The van der Waals surface area contributed by atoms with E-state index in [9.17, 15) is 0 Å². The van der Waals surface area contributed by atoms with Crippen molar-refractivity contribution in [2.24, 2.45) is 0 Å². The maximum atomic E-state index is 2.61. The van der Waals surface area contributed by atoms with Crippen LogP contribution in [0, 0.1) is 0 Å². The molecule has 1 heteroatoms. The van der Waals surface area contributed by atoms with E-state index >= 15 is 0 Å². The summed E-state index contributed by atoms with van der Waals surface area (Å²) >= 11 is 0. The van der Waals surface area contributed by atoms with E-state index in [0.29, 0.717) is 5.92 Å². The molecule has 110 valence electrons. The Kier molecular flexibility index (Phi) is 4.72. The van der Waals surface area contributed by atoms with Crippen LogP contribution >= 0.6 is 0 Å². The zero-order valence-electron chi connectivity index (χ0n) is 13.0. The quantitative estimate of drug-likeness (QED) is 0.749. The third-order valence-corrected chi connectivity index (χ3v) is 4.65. The minimum Gasteiger partial charge on any atom is -0.303 e. The monoisotopic (exact) mass is 279 g/mol. The van der Waals surface area contributed by atoms with Crippen molar-refractivity contribution >= 4 is 0 Å². The van der Waals surface area contributed by atoms with Gasteiger partial charge in [-0.15, -0.1) is 0 Å². The van der Waals surface area contributed by atoms with E-state index in [-0.39, 0.29) is 0 Å². The Labute approximate surface area is 128 Å². The molecule has 0 radical (unpaired) electrons. The van der Waals surface area contributed by atoms with Gasteiger partial charge >= 0.3 is 0 Å². The van der Waals surface area contributed by atoms with E-state index in [0.717, 1.165) is 0 Å². The fraction of sp³-hybridized carbons (Fsp3) is 0.400. The number of likely N-dealkylation sites (tertiary alicyclic amines) is 1. The largest absolute Gasteiger partial charge is 0.303 e. The van der Waals surface area contributed by atoms with Crippen molar-refractivity contribution in [3.63, 3.8) is 0 Å². The van der Waals surface area contributed by atoms with Gasteiger partial charge in [-0.2, -0.15) is 0 Å². The normalized spacial score (nSPS) is 17.0. The van der Waals surface area contributed by atoms with E-state index in [1.54, 1.807) is 0 Å². The Morgan fingerprint density at radius 2 is 1.57 bits per heavy atom. The predicted octanol–water partition coefficient (Wildman–Crippen LogP) is 4.94. The summed E-state index contributed by atoms with van der Waals surface area (Å²) in [4.78, 5) is 2.61. The number of nitrogens with zero attached hydrogens (tertiary/aromatic N) is 1. The van der Waals surface area contributed by atoms with Gasteiger partial charge in [-0.1, -0.05) is 61.5 Å². The Balaban J connectivity index is 1.75. The number of hydrogen-bond donors (Lipinski definition) is 0. The zero-order valence-corrected chi connectivity index (χ0v) is 13.0. The molecule has 21 heavy (non-hydrogen) atoms. The number of benzene rings is 2. The minimum absolute atomic E-state index is 0.613. The lowest BCUT2D eigenvalue weighted by Crippen LogP contribution is -2.21. The second-order valence-corrected chi connectivity index (χ2v) is 6.19. The molecule has 1 aliphatic rings. The fourth-order valence-electron chi connectivity index (χ4n) is 3.35. The van der Waals surface area contributed by atoms with Crippen molar-refractivity contribution in [1.29, 1.82) is 0 Å². The van der Waals surface area contributed by atoms with Crippen LogP contribution in [0.3, 0.4) is 0 Å². The SMILES string of the molecule is CC(CCN1CCCC1)c1ccccc1-c1ccccc1. The summed E-state index contributed by atoms with van der Waals surface area (Å²) < 4.78 is 0. The van der Waals surface area contributed by atoms with Crippen LogP contribution in [0.4, 0.5) is 0 Å². The van der Waals surface area contributed by atoms with Gasteiger partial charge in [-0.3, -0.25) is 0 Å². The van der Waals surface area contributed by atoms with Crippen molar-refractivity contribution in [2.45, 2.75) is 32.1 Å². The van der Waals surface area contributed by atoms with Crippen molar-refractivity contribution in [3.8, 4) is 11.1 Å². The standard InChI is InChI=1S/C20H25N/c1-17(13-16-21-14-7-8-15-21)19-11-5-6-12-20(19)18-9-3-2-4-10-18/h2-6,9-12,17H,7-8,13-16H2,1H3. The maximum Gasteiger partial charge on any atom is -0.00130 e. The smallest absolute Gasteiger partial charge is 0.00130 e. The van der Waals surface area contributed by atoms with Gasteiger partial charge in [0.25, 0.3) is 0 Å². The molecule has 2 aromatic carbocycles. The van der Waals surface area contributed by atoms with Crippen molar-refractivity contribution in [1.82, 2.24) is 4.90 Å². The summed E-state index contributed by atoms with van der Waals surface area (Å²) in [5, 5.41) is 0. The van der Waals surface area contributed by atoms with Crippen LogP contribution in [-0.4, -0.2) is 24.5 Å². The fourth-order valence-corrected chi connectivity index (χ4v) is 3.35. The first-order valence-electron chi connectivity index (χ1n) is 8.21. The topological polar surface area (TPSA) is 3.24 Å². The van der Waals surface area contributed by atoms with E-state index in [1.165, 1.54) is 55.6 Å². The van der Waals surface area contributed by atoms with Crippen LogP contribution in [0.2, 0.25) is 0 Å². The molecule has 3 rings (SSSR count). The van der Waals surface area contributed by atoms with Gasteiger partial charge in [0.05, 0.1) is 0 Å². The van der Waals surface area contributed by atoms with Crippen LogP contribution < -0.4 is 0 Å². The highest BCUT2D eigenvalue weighted by Crippen LogP contribution is 2.31. The third kappa shape index (κ3) is 3.54. The molecule has 1 aliphatic heterocycles. The van der Waals surface area contributed by atoms with Gasteiger partial charge in [0.1, 0.15) is 0 Å². The van der Waals surface area contributed by atoms with Gasteiger partial charge < -0.3 is 4.90 Å². The van der Waals surface area contributed by atoms with Crippen molar-refractivity contribution in [2.75, 3.05) is 19.6 Å². The van der Waals surface area contributed by atoms with Gasteiger partial charge in [-0.25, -0.2) is 0 Å². The Morgan fingerprint density at radius 1 is 0.905 bits per heavy atom. The third-order valence-electron chi connectivity index (χ3n) is 4.65. The Bertz CT molecular complexity index is 555. The summed E-state index contributed by atoms with van der Waals surface area (Å²) in [6.45, 7) is 6.21. The second-order valence-electron chi connectivity index (χ2n) is 6.19. The summed E-state index contributed by atoms with van der Waals surface area (Å²) in [5.74, 6) is 0.613. The first-order chi connectivity index (χ1) is 10.3. The lowest BCUT2D eigenvalue weighted by molar-refractivity contribution is 0.324. The lowest BCUT2D eigenvalue weighted by Gasteiger charge is -2.20. The molecule has 0 amide bonds. The molecular weight excluding hydrogens is 254 g/mol. The molecular formula is C20H25N. The van der Waals surface area contributed by atoms with Gasteiger partial charge in [0, 0.05) is 0 Å². The molecule has 1 saturated heterocycles. The van der Waals surface area contributed by atoms with Gasteiger partial charge in [-0.05, 0) is 61.5 Å². The minimum atomic E-state index is 0.613. The predicted molar refractivity (Wildman–Crippen MR) is 90.6 cm³/mol. The molecule has 0 bridgehead atoms. The summed E-state index contributed by atoms with van der Waals surface area (Å²) in [5.41, 5.74) is 4.22. The van der Waals surface area contributed by atoms with Crippen LogP contribution in [-0.2, 0) is 0 Å². The average Bonchev–Trinajstić information content (AvgIpc) is 3.07. The number of rotatable bonds is 5. The van der Waals surface area contributed by atoms with E-state index in [1.807, 2.05) is 0 Å². The molecule has 0 aromatic heterocycles. The molecule has 1 fully saturated rings. The van der Waals surface area contributed by atoms with Crippen molar-refractivity contribution in [3.05, 3.63) is 60.2 Å². The summed E-state index contributed by atoms with van der Waals surface area (Å²) in [6.07, 6.45) is 4.02. The zero-order chi connectivity index (χ0) is 14.5. The van der Waals surface area contributed by atoms with Crippen LogP contribution in [0.5, 0.6) is 0 Å². The van der Waals surface area contributed by atoms with Gasteiger partial charge in [0.2, 0.25) is 0 Å². The molecule has 1 heterocycles. The highest BCUT2D eigenvalue weighted by atomic mass is 15.1. The van der Waals surface area contributed by atoms with E-state index in [4.69, 9.17) is 0 Å². The lowest BCUT2D eigenvalue weighted by atomic mass is 9.89. The van der Waals surface area contributed by atoms with Gasteiger partial charge in [0.15, 0.2) is 0 Å². The Morgan fingerprint density at radius 3 is 2.33 bits per heavy atom. The first kappa shape index (κ1) is 14.3. The van der Waals surface area contributed by atoms with E-state index < -0.39 is 0 Å². The molecule has 2 aromatic rings. The summed E-state index contributed by atoms with van der Waals surface area (Å²) in [6, 6.07) is 19.7. The average molecular weight is 279 g/mol. The molecule has 1 nitrogen and oxygen atoms in total. The number of hydrogen-bond acceptors (Lipinski definition) is 1. The van der Waals surface area contributed by atoms with Crippen LogP contribution in [0.15, 0.2) is 54.6 Å². The first-order valence-corrected chi connectivity index (χ1v) is 8.21. The van der Waals surface area contributed by atoms with E-state index in [2.05, 4.69) is 66.4 Å². The van der Waals surface area contributed by atoms with Crippen LogP contribution in [0.1, 0.15) is 37.7 Å². The molecule has 0 N–H and O–H groups in total. The maximum absolute atomic E-state index is 2.61. The van der Waals surface area contributed by atoms with Crippen molar-refractivity contribution < 1.29 is 0 Å². The second kappa shape index (κ2) is 6.91.